The monoisotopic (exact) mass is 405 g/mol. The van der Waals surface area contributed by atoms with Gasteiger partial charge in [-0.15, -0.1) is 15.3 Å². The van der Waals surface area contributed by atoms with Crippen molar-refractivity contribution < 1.29 is 13.9 Å². The fraction of sp³-hybridized carbons (Fsp3) is 0.182. The van der Waals surface area contributed by atoms with Crippen LogP contribution in [0, 0.1) is 12.7 Å². The number of ether oxygens (including phenoxy) is 1. The molecule has 4 rings (SSSR count). The number of aryl methyl sites for hydroxylation is 1. The van der Waals surface area contributed by atoms with Gasteiger partial charge in [-0.05, 0) is 36.2 Å². The molecule has 0 atom stereocenters. The van der Waals surface area contributed by atoms with Crippen LogP contribution >= 0.6 is 0 Å². The molecular weight excluding hydrogens is 385 g/mol. The van der Waals surface area contributed by atoms with Crippen LogP contribution in [0.25, 0.3) is 17.0 Å². The molecule has 1 amide bonds. The van der Waals surface area contributed by atoms with Crippen LogP contribution in [0.15, 0.2) is 60.7 Å². The van der Waals surface area contributed by atoms with E-state index in [1.54, 1.807) is 24.3 Å². The smallest absolute Gasteiger partial charge is 0.231 e. The molecule has 0 radical (unpaired) electrons. The molecule has 0 saturated heterocycles. The van der Waals surface area contributed by atoms with E-state index in [2.05, 4.69) is 20.6 Å². The molecule has 0 aliphatic heterocycles. The highest BCUT2D eigenvalue weighted by atomic mass is 19.1. The lowest BCUT2D eigenvalue weighted by Gasteiger charge is -2.09. The Morgan fingerprint density at radius 1 is 1.10 bits per heavy atom. The second-order valence-electron chi connectivity index (χ2n) is 6.78. The number of hydrogen-bond acceptors (Lipinski definition) is 5. The van der Waals surface area contributed by atoms with Crippen molar-refractivity contribution in [3.63, 3.8) is 0 Å². The van der Waals surface area contributed by atoms with E-state index in [4.69, 9.17) is 4.74 Å². The lowest BCUT2D eigenvalue weighted by atomic mass is 10.1. The van der Waals surface area contributed by atoms with E-state index in [0.717, 1.165) is 11.1 Å². The van der Waals surface area contributed by atoms with E-state index in [-0.39, 0.29) is 18.3 Å². The predicted octanol–water partition coefficient (Wildman–Crippen LogP) is 2.98. The van der Waals surface area contributed by atoms with Crippen LogP contribution in [0.1, 0.15) is 11.1 Å². The van der Waals surface area contributed by atoms with Gasteiger partial charge in [0.1, 0.15) is 12.4 Å². The zero-order valence-electron chi connectivity index (χ0n) is 16.4. The van der Waals surface area contributed by atoms with Crippen LogP contribution in [0.2, 0.25) is 0 Å². The summed E-state index contributed by atoms with van der Waals surface area (Å²) in [6.07, 6.45) is 0.328. The first-order valence-corrected chi connectivity index (χ1v) is 9.52. The molecule has 152 valence electrons. The number of aromatic nitrogens is 4. The Kier molecular flexibility index (Phi) is 5.65. The third-order valence-electron chi connectivity index (χ3n) is 4.61. The van der Waals surface area contributed by atoms with Gasteiger partial charge in [0.05, 0.1) is 13.0 Å². The second-order valence-corrected chi connectivity index (χ2v) is 6.78. The molecule has 0 spiro atoms. The fourth-order valence-electron chi connectivity index (χ4n) is 3.05. The molecule has 30 heavy (non-hydrogen) atoms. The summed E-state index contributed by atoms with van der Waals surface area (Å²) < 4.78 is 20.7. The maximum Gasteiger partial charge on any atom is 0.231 e. The van der Waals surface area contributed by atoms with Gasteiger partial charge < -0.3 is 10.1 Å². The average molecular weight is 405 g/mol. The van der Waals surface area contributed by atoms with Gasteiger partial charge in [0.15, 0.2) is 11.5 Å². The quantitative estimate of drug-likeness (QED) is 0.478. The normalized spacial score (nSPS) is 10.9. The minimum absolute atomic E-state index is 0.0662. The molecule has 0 unspecified atom stereocenters. The topological polar surface area (TPSA) is 81.4 Å². The molecule has 4 aromatic rings. The molecule has 0 fully saturated rings. The van der Waals surface area contributed by atoms with Gasteiger partial charge in [-0.3, -0.25) is 4.79 Å². The maximum absolute atomic E-state index is 13.5. The molecule has 1 N–H and O–H groups in total. The highest BCUT2D eigenvalue weighted by molar-refractivity contribution is 5.78. The molecule has 0 bridgehead atoms. The van der Waals surface area contributed by atoms with Crippen molar-refractivity contribution in [2.75, 3.05) is 13.2 Å². The first-order valence-electron chi connectivity index (χ1n) is 9.52. The molecule has 0 aliphatic rings. The number of hydrogen-bond donors (Lipinski definition) is 1. The van der Waals surface area contributed by atoms with Crippen molar-refractivity contribution in [3.05, 3.63) is 77.6 Å². The number of amides is 1. The number of halogens is 1. The van der Waals surface area contributed by atoms with E-state index in [1.807, 2.05) is 31.2 Å². The average Bonchev–Trinajstić information content (AvgIpc) is 3.16. The summed E-state index contributed by atoms with van der Waals surface area (Å²) in [5.41, 5.74) is 3.17. The van der Waals surface area contributed by atoms with Crippen molar-refractivity contribution in [1.82, 2.24) is 25.1 Å². The summed E-state index contributed by atoms with van der Waals surface area (Å²) in [7, 11) is 0. The van der Waals surface area contributed by atoms with Gasteiger partial charge in [0.2, 0.25) is 11.8 Å². The number of carbonyl (C=O) groups is 1. The molecule has 0 saturated carbocycles. The first-order chi connectivity index (χ1) is 14.6. The number of fused-ring (bicyclic) bond motifs is 1. The van der Waals surface area contributed by atoms with Crippen LogP contribution in [-0.2, 0) is 11.2 Å². The zero-order valence-corrected chi connectivity index (χ0v) is 16.4. The Morgan fingerprint density at radius 3 is 2.80 bits per heavy atom. The summed E-state index contributed by atoms with van der Waals surface area (Å²) in [6.45, 7) is 2.59. The standard InChI is InChI=1S/C22H20FN5O2/c1-15-5-2-3-6-16(15)14-20(29)24-11-12-30-21-10-9-19-25-26-22(28(19)27-21)17-7-4-8-18(23)13-17/h2-10,13H,11-12,14H2,1H3,(H,24,29). The van der Waals surface area contributed by atoms with Gasteiger partial charge in [-0.1, -0.05) is 36.4 Å². The van der Waals surface area contributed by atoms with Crippen molar-refractivity contribution in [2.45, 2.75) is 13.3 Å². The molecule has 2 aromatic carbocycles. The Labute approximate surface area is 172 Å². The molecule has 0 aliphatic carbocycles. The Morgan fingerprint density at radius 2 is 1.97 bits per heavy atom. The predicted molar refractivity (Wildman–Crippen MR) is 110 cm³/mol. The van der Waals surface area contributed by atoms with Crippen LogP contribution < -0.4 is 10.1 Å². The minimum atomic E-state index is -0.363. The van der Waals surface area contributed by atoms with Gasteiger partial charge in [0.25, 0.3) is 0 Å². The van der Waals surface area contributed by atoms with Crippen molar-refractivity contribution in [1.29, 1.82) is 0 Å². The van der Waals surface area contributed by atoms with E-state index >= 15 is 0 Å². The third-order valence-corrected chi connectivity index (χ3v) is 4.61. The van der Waals surface area contributed by atoms with Gasteiger partial charge in [-0.25, -0.2) is 4.39 Å². The van der Waals surface area contributed by atoms with Gasteiger partial charge in [0, 0.05) is 11.6 Å². The highest BCUT2D eigenvalue weighted by Crippen LogP contribution is 2.19. The molecule has 2 heterocycles. The number of nitrogens with zero attached hydrogens (tertiary/aromatic N) is 4. The fourth-order valence-corrected chi connectivity index (χ4v) is 3.05. The lowest BCUT2D eigenvalue weighted by molar-refractivity contribution is -0.120. The van der Waals surface area contributed by atoms with Crippen LogP contribution in [0.3, 0.4) is 0 Å². The minimum Gasteiger partial charge on any atom is -0.475 e. The van der Waals surface area contributed by atoms with E-state index in [1.165, 1.54) is 16.6 Å². The SMILES string of the molecule is Cc1ccccc1CC(=O)NCCOc1ccc2nnc(-c3cccc(F)c3)n2n1. The third kappa shape index (κ3) is 4.43. The van der Waals surface area contributed by atoms with Crippen LogP contribution in [-0.4, -0.2) is 38.9 Å². The van der Waals surface area contributed by atoms with Crippen molar-refractivity contribution in [2.24, 2.45) is 0 Å². The van der Waals surface area contributed by atoms with E-state index in [0.29, 0.717) is 35.9 Å². The molecule has 2 aromatic heterocycles. The molecular formula is C22H20FN5O2. The van der Waals surface area contributed by atoms with E-state index in [9.17, 15) is 9.18 Å². The van der Waals surface area contributed by atoms with Gasteiger partial charge >= 0.3 is 0 Å². The van der Waals surface area contributed by atoms with E-state index < -0.39 is 0 Å². The summed E-state index contributed by atoms with van der Waals surface area (Å²) in [6, 6.07) is 17.3. The Balaban J connectivity index is 1.36. The Bertz CT molecular complexity index is 1190. The van der Waals surface area contributed by atoms with Crippen LogP contribution in [0.4, 0.5) is 4.39 Å². The van der Waals surface area contributed by atoms with Crippen molar-refractivity contribution in [3.8, 4) is 17.3 Å². The lowest BCUT2D eigenvalue weighted by Crippen LogP contribution is -2.29. The number of benzene rings is 2. The number of rotatable bonds is 7. The van der Waals surface area contributed by atoms with Crippen molar-refractivity contribution >= 4 is 11.6 Å². The summed E-state index contributed by atoms with van der Waals surface area (Å²) in [5.74, 6) is 0.344. The van der Waals surface area contributed by atoms with Gasteiger partial charge in [-0.2, -0.15) is 4.52 Å². The molecule has 8 heteroatoms. The largest absolute Gasteiger partial charge is 0.475 e. The summed E-state index contributed by atoms with van der Waals surface area (Å²) >= 11 is 0. The second kappa shape index (κ2) is 8.69. The summed E-state index contributed by atoms with van der Waals surface area (Å²) in [5, 5.41) is 15.3. The van der Waals surface area contributed by atoms with Crippen LogP contribution in [0.5, 0.6) is 5.88 Å². The number of carbonyl (C=O) groups excluding carboxylic acids is 1. The highest BCUT2D eigenvalue weighted by Gasteiger charge is 2.11. The summed E-state index contributed by atoms with van der Waals surface area (Å²) in [4.78, 5) is 12.1. The zero-order chi connectivity index (χ0) is 20.9. The maximum atomic E-state index is 13.5. The number of nitrogens with one attached hydrogen (secondary N) is 1. The molecule has 7 nitrogen and oxygen atoms in total. The Hall–Kier alpha value is -3.81. The first kappa shape index (κ1) is 19.5.